The Labute approximate surface area is 103 Å². The highest BCUT2D eigenvalue weighted by Crippen LogP contribution is 2.18. The minimum absolute atomic E-state index is 0.0513. The largest absolute Gasteiger partial charge is 0.355 e. The van der Waals surface area contributed by atoms with Crippen LogP contribution < -0.4 is 11.1 Å². The lowest BCUT2D eigenvalue weighted by atomic mass is 9.95. The highest BCUT2D eigenvalue weighted by molar-refractivity contribution is 5.83. The zero-order valence-corrected chi connectivity index (χ0v) is 10.5. The third-order valence-corrected chi connectivity index (χ3v) is 2.56. The van der Waals surface area contributed by atoms with Gasteiger partial charge in [-0.1, -0.05) is 13.8 Å². The van der Waals surface area contributed by atoms with Gasteiger partial charge < -0.3 is 11.1 Å². The van der Waals surface area contributed by atoms with E-state index < -0.39 is 0 Å². The quantitative estimate of drug-likeness (QED) is 0.780. The molecule has 0 aliphatic carbocycles. The summed E-state index contributed by atoms with van der Waals surface area (Å²) in [5.41, 5.74) is 6.54. The van der Waals surface area contributed by atoms with E-state index in [9.17, 15) is 4.79 Å². The van der Waals surface area contributed by atoms with E-state index in [1.54, 1.807) is 12.4 Å². The first kappa shape index (κ1) is 13.6. The normalized spacial score (nSPS) is 12.5. The second-order valence-corrected chi connectivity index (χ2v) is 4.55. The van der Waals surface area contributed by atoms with Gasteiger partial charge in [-0.25, -0.2) is 0 Å². The fraction of sp³-hybridized carbons (Fsp3) is 0.538. The molecular weight excluding hydrogens is 214 g/mol. The summed E-state index contributed by atoms with van der Waals surface area (Å²) in [6.45, 7) is 5.35. The number of carbonyl (C=O) groups is 1. The molecule has 1 amide bonds. The fourth-order valence-corrected chi connectivity index (χ4v) is 1.64. The van der Waals surface area contributed by atoms with E-state index in [1.807, 2.05) is 12.1 Å². The Kier molecular flexibility index (Phi) is 5.63. The van der Waals surface area contributed by atoms with Crippen molar-refractivity contribution in [3.8, 4) is 0 Å². The van der Waals surface area contributed by atoms with Crippen molar-refractivity contribution >= 4 is 5.91 Å². The van der Waals surface area contributed by atoms with Crippen LogP contribution in [0.4, 0.5) is 0 Å². The van der Waals surface area contributed by atoms with Crippen LogP contribution in [0, 0.1) is 5.92 Å². The van der Waals surface area contributed by atoms with Crippen molar-refractivity contribution in [2.45, 2.75) is 26.2 Å². The van der Waals surface area contributed by atoms with Gasteiger partial charge in [-0.15, -0.1) is 0 Å². The highest BCUT2D eigenvalue weighted by Gasteiger charge is 2.19. The van der Waals surface area contributed by atoms with Gasteiger partial charge in [0, 0.05) is 18.9 Å². The van der Waals surface area contributed by atoms with E-state index in [0.717, 1.165) is 5.56 Å². The number of hydrogen-bond acceptors (Lipinski definition) is 3. The molecule has 0 spiro atoms. The SMILES string of the molecule is CC(C)CNC(=O)C(CCN)c1ccncc1. The van der Waals surface area contributed by atoms with Crippen molar-refractivity contribution in [3.05, 3.63) is 30.1 Å². The number of nitrogens with one attached hydrogen (secondary N) is 1. The number of nitrogens with two attached hydrogens (primary N) is 1. The summed E-state index contributed by atoms with van der Waals surface area (Å²) in [5, 5.41) is 2.95. The number of aromatic nitrogens is 1. The van der Waals surface area contributed by atoms with Crippen molar-refractivity contribution in [2.24, 2.45) is 11.7 Å². The van der Waals surface area contributed by atoms with Crippen LogP contribution >= 0.6 is 0 Å². The average molecular weight is 235 g/mol. The predicted molar refractivity (Wildman–Crippen MR) is 68.5 cm³/mol. The second-order valence-electron chi connectivity index (χ2n) is 4.55. The van der Waals surface area contributed by atoms with Crippen LogP contribution in [0.15, 0.2) is 24.5 Å². The van der Waals surface area contributed by atoms with Crippen molar-refractivity contribution in [1.29, 1.82) is 0 Å². The Balaban J connectivity index is 2.69. The van der Waals surface area contributed by atoms with Gasteiger partial charge in [0.2, 0.25) is 5.91 Å². The van der Waals surface area contributed by atoms with E-state index in [1.165, 1.54) is 0 Å². The number of carbonyl (C=O) groups excluding carboxylic acids is 1. The third-order valence-electron chi connectivity index (χ3n) is 2.56. The van der Waals surface area contributed by atoms with Crippen LogP contribution in [-0.4, -0.2) is 24.0 Å². The Morgan fingerprint density at radius 1 is 1.41 bits per heavy atom. The number of rotatable bonds is 6. The summed E-state index contributed by atoms with van der Waals surface area (Å²) in [4.78, 5) is 16.0. The van der Waals surface area contributed by atoms with Crippen LogP contribution in [0.5, 0.6) is 0 Å². The lowest BCUT2D eigenvalue weighted by Crippen LogP contribution is -2.33. The second kappa shape index (κ2) is 7.01. The minimum Gasteiger partial charge on any atom is -0.355 e. The van der Waals surface area contributed by atoms with Crippen molar-refractivity contribution in [1.82, 2.24) is 10.3 Å². The Morgan fingerprint density at radius 2 is 2.06 bits per heavy atom. The standard InChI is InChI=1S/C13H21N3O/c1-10(2)9-16-13(17)12(3-6-14)11-4-7-15-8-5-11/h4-5,7-8,10,12H,3,6,9,14H2,1-2H3,(H,16,17). The highest BCUT2D eigenvalue weighted by atomic mass is 16.1. The molecule has 0 aliphatic heterocycles. The molecule has 1 unspecified atom stereocenters. The van der Waals surface area contributed by atoms with Crippen LogP contribution in [0.3, 0.4) is 0 Å². The van der Waals surface area contributed by atoms with Crippen LogP contribution in [0.2, 0.25) is 0 Å². The van der Waals surface area contributed by atoms with E-state index >= 15 is 0 Å². The molecule has 1 rings (SSSR count). The van der Waals surface area contributed by atoms with Crippen LogP contribution in [0.25, 0.3) is 0 Å². The maximum Gasteiger partial charge on any atom is 0.227 e. The molecular formula is C13H21N3O. The van der Waals surface area contributed by atoms with E-state index in [0.29, 0.717) is 25.4 Å². The first-order valence-corrected chi connectivity index (χ1v) is 6.02. The number of pyridine rings is 1. The average Bonchev–Trinajstić information content (AvgIpc) is 2.34. The molecule has 1 aromatic rings. The smallest absolute Gasteiger partial charge is 0.227 e. The van der Waals surface area contributed by atoms with Crippen molar-refractivity contribution in [2.75, 3.05) is 13.1 Å². The molecule has 0 saturated heterocycles. The number of amides is 1. The summed E-state index contributed by atoms with van der Waals surface area (Å²) >= 11 is 0. The first-order valence-electron chi connectivity index (χ1n) is 6.02. The monoisotopic (exact) mass is 235 g/mol. The zero-order valence-electron chi connectivity index (χ0n) is 10.5. The molecule has 94 valence electrons. The Morgan fingerprint density at radius 3 is 2.59 bits per heavy atom. The van der Waals surface area contributed by atoms with Gasteiger partial charge in [-0.3, -0.25) is 9.78 Å². The fourth-order valence-electron chi connectivity index (χ4n) is 1.64. The molecule has 0 aromatic carbocycles. The van der Waals surface area contributed by atoms with Crippen LogP contribution in [0.1, 0.15) is 31.7 Å². The zero-order chi connectivity index (χ0) is 12.7. The van der Waals surface area contributed by atoms with Crippen molar-refractivity contribution < 1.29 is 4.79 Å². The summed E-state index contributed by atoms with van der Waals surface area (Å²) in [6, 6.07) is 3.74. The Bertz CT molecular complexity index is 338. The molecule has 0 fully saturated rings. The van der Waals surface area contributed by atoms with Gasteiger partial charge in [-0.05, 0) is 36.6 Å². The number of hydrogen-bond donors (Lipinski definition) is 2. The van der Waals surface area contributed by atoms with Gasteiger partial charge in [0.1, 0.15) is 0 Å². The minimum atomic E-state index is -0.165. The summed E-state index contributed by atoms with van der Waals surface area (Å²) < 4.78 is 0. The lowest BCUT2D eigenvalue weighted by Gasteiger charge is -2.17. The van der Waals surface area contributed by atoms with Gasteiger partial charge in [0.05, 0.1) is 5.92 Å². The van der Waals surface area contributed by atoms with Gasteiger partial charge in [-0.2, -0.15) is 0 Å². The molecule has 0 aliphatic rings. The molecule has 1 aromatic heterocycles. The van der Waals surface area contributed by atoms with Gasteiger partial charge in [0.15, 0.2) is 0 Å². The predicted octanol–water partition coefficient (Wildman–Crippen LogP) is 1.29. The molecule has 1 heterocycles. The van der Waals surface area contributed by atoms with E-state index in [-0.39, 0.29) is 11.8 Å². The lowest BCUT2D eigenvalue weighted by molar-refractivity contribution is -0.122. The maximum atomic E-state index is 12.1. The third kappa shape index (κ3) is 4.53. The topological polar surface area (TPSA) is 68.0 Å². The van der Waals surface area contributed by atoms with E-state index in [2.05, 4.69) is 24.1 Å². The maximum absolute atomic E-state index is 12.1. The summed E-state index contributed by atoms with van der Waals surface area (Å²) in [6.07, 6.45) is 4.07. The molecule has 3 N–H and O–H groups in total. The molecule has 0 bridgehead atoms. The number of nitrogens with zero attached hydrogens (tertiary/aromatic N) is 1. The molecule has 1 atom stereocenters. The van der Waals surface area contributed by atoms with Crippen LogP contribution in [-0.2, 0) is 4.79 Å². The van der Waals surface area contributed by atoms with E-state index in [4.69, 9.17) is 5.73 Å². The molecule has 0 saturated carbocycles. The summed E-state index contributed by atoms with van der Waals surface area (Å²) in [5.74, 6) is 0.340. The molecule has 17 heavy (non-hydrogen) atoms. The van der Waals surface area contributed by atoms with Gasteiger partial charge in [0.25, 0.3) is 0 Å². The molecule has 4 heteroatoms. The Hall–Kier alpha value is -1.42. The molecule has 0 radical (unpaired) electrons. The molecule has 4 nitrogen and oxygen atoms in total. The van der Waals surface area contributed by atoms with Crippen molar-refractivity contribution in [3.63, 3.8) is 0 Å². The first-order chi connectivity index (χ1) is 8.15. The summed E-state index contributed by atoms with van der Waals surface area (Å²) in [7, 11) is 0. The van der Waals surface area contributed by atoms with Gasteiger partial charge >= 0.3 is 0 Å².